The van der Waals surface area contributed by atoms with Gasteiger partial charge in [0, 0.05) is 12.3 Å². The molecule has 0 amide bonds. The number of rotatable bonds is 2. The highest BCUT2D eigenvalue weighted by Crippen LogP contribution is 2.22. The maximum Gasteiger partial charge on any atom is 0.321 e. The van der Waals surface area contributed by atoms with Crippen LogP contribution in [0.4, 0.5) is 0 Å². The maximum atomic E-state index is 11.2. The molecule has 2 atom stereocenters. The van der Waals surface area contributed by atoms with E-state index in [2.05, 4.69) is 0 Å². The molecule has 0 aromatic heterocycles. The van der Waals surface area contributed by atoms with Gasteiger partial charge in [0.05, 0.1) is 0 Å². The third-order valence-electron chi connectivity index (χ3n) is 2.32. The van der Waals surface area contributed by atoms with Crippen molar-refractivity contribution in [2.24, 2.45) is 11.7 Å². The van der Waals surface area contributed by atoms with Crippen LogP contribution >= 0.6 is 0 Å². The van der Waals surface area contributed by atoms with Crippen LogP contribution in [0.3, 0.4) is 0 Å². The topological polar surface area (TPSA) is 80.4 Å². The number of aliphatic carboxylic acids is 1. The molecule has 1 fully saturated rings. The van der Waals surface area contributed by atoms with Crippen molar-refractivity contribution in [1.29, 1.82) is 0 Å². The standard InChI is InChI=1S/C8H13NO3/c9-7(8(11)12)5-3-1-2-4-6(5)10/h5,7H,1-4,9H2,(H,11,12)/t5-,7?/m1/s1. The summed E-state index contributed by atoms with van der Waals surface area (Å²) in [5.74, 6) is -1.51. The highest BCUT2D eigenvalue weighted by atomic mass is 16.4. The van der Waals surface area contributed by atoms with Crippen LogP contribution in [-0.2, 0) is 9.59 Å². The van der Waals surface area contributed by atoms with E-state index in [1.54, 1.807) is 0 Å². The summed E-state index contributed by atoms with van der Waals surface area (Å²) in [6, 6.07) is -1.00. The predicted octanol–water partition coefficient (Wildman–Crippen LogP) is 0.158. The highest BCUT2D eigenvalue weighted by molar-refractivity contribution is 5.88. The minimum absolute atomic E-state index is 0.0103. The molecular weight excluding hydrogens is 158 g/mol. The van der Waals surface area contributed by atoms with Crippen LogP contribution in [0.15, 0.2) is 0 Å². The average Bonchev–Trinajstić information content (AvgIpc) is 2.04. The molecule has 0 aliphatic heterocycles. The molecule has 4 nitrogen and oxygen atoms in total. The molecule has 1 aliphatic rings. The average molecular weight is 171 g/mol. The summed E-state index contributed by atoms with van der Waals surface area (Å²) in [6.45, 7) is 0. The summed E-state index contributed by atoms with van der Waals surface area (Å²) in [4.78, 5) is 21.7. The molecule has 0 saturated heterocycles. The first-order valence-corrected chi connectivity index (χ1v) is 4.14. The van der Waals surface area contributed by atoms with Crippen molar-refractivity contribution in [3.05, 3.63) is 0 Å². The lowest BCUT2D eigenvalue weighted by molar-refractivity contribution is -0.143. The van der Waals surface area contributed by atoms with Crippen molar-refractivity contribution in [1.82, 2.24) is 0 Å². The highest BCUT2D eigenvalue weighted by Gasteiger charge is 2.31. The van der Waals surface area contributed by atoms with Gasteiger partial charge in [0.1, 0.15) is 11.8 Å². The molecule has 0 bridgehead atoms. The van der Waals surface area contributed by atoms with Crippen LogP contribution < -0.4 is 5.73 Å². The van der Waals surface area contributed by atoms with Crippen LogP contribution in [0.25, 0.3) is 0 Å². The SMILES string of the molecule is NC(C(=O)O)[C@@H]1CCCCC1=O. The monoisotopic (exact) mass is 171 g/mol. The number of nitrogens with two attached hydrogens (primary N) is 1. The van der Waals surface area contributed by atoms with E-state index in [4.69, 9.17) is 10.8 Å². The third kappa shape index (κ3) is 1.82. The predicted molar refractivity (Wildman–Crippen MR) is 42.6 cm³/mol. The molecule has 0 spiro atoms. The molecule has 12 heavy (non-hydrogen) atoms. The number of hydrogen-bond acceptors (Lipinski definition) is 3. The fraction of sp³-hybridized carbons (Fsp3) is 0.750. The van der Waals surface area contributed by atoms with Gasteiger partial charge in [-0.3, -0.25) is 9.59 Å². The van der Waals surface area contributed by atoms with E-state index in [0.717, 1.165) is 12.8 Å². The van der Waals surface area contributed by atoms with Gasteiger partial charge < -0.3 is 10.8 Å². The Morgan fingerprint density at radius 2 is 2.25 bits per heavy atom. The summed E-state index contributed by atoms with van der Waals surface area (Å²) >= 11 is 0. The van der Waals surface area contributed by atoms with E-state index in [9.17, 15) is 9.59 Å². The molecule has 0 heterocycles. The van der Waals surface area contributed by atoms with Crippen molar-refractivity contribution in [3.8, 4) is 0 Å². The zero-order valence-electron chi connectivity index (χ0n) is 6.82. The van der Waals surface area contributed by atoms with Crippen molar-refractivity contribution in [3.63, 3.8) is 0 Å². The Balaban J connectivity index is 2.59. The second kappa shape index (κ2) is 3.67. The van der Waals surface area contributed by atoms with Crippen molar-refractivity contribution >= 4 is 11.8 Å². The normalized spacial score (nSPS) is 26.8. The van der Waals surface area contributed by atoms with E-state index in [0.29, 0.717) is 12.8 Å². The van der Waals surface area contributed by atoms with Gasteiger partial charge in [-0.05, 0) is 12.8 Å². The fourth-order valence-corrected chi connectivity index (χ4v) is 1.56. The molecule has 1 rings (SSSR count). The Kier molecular flexibility index (Phi) is 2.81. The minimum Gasteiger partial charge on any atom is -0.480 e. The summed E-state index contributed by atoms with van der Waals surface area (Å²) in [6.07, 6.45) is 2.91. The van der Waals surface area contributed by atoms with Crippen molar-refractivity contribution < 1.29 is 14.7 Å². The molecule has 0 aromatic rings. The van der Waals surface area contributed by atoms with Gasteiger partial charge in [0.2, 0.25) is 0 Å². The zero-order valence-corrected chi connectivity index (χ0v) is 6.82. The first-order valence-electron chi connectivity index (χ1n) is 4.14. The van der Waals surface area contributed by atoms with Gasteiger partial charge in [-0.2, -0.15) is 0 Å². The molecule has 1 saturated carbocycles. The lowest BCUT2D eigenvalue weighted by atomic mass is 9.83. The number of carboxylic acids is 1. The van der Waals surface area contributed by atoms with E-state index in [-0.39, 0.29) is 5.78 Å². The molecule has 0 radical (unpaired) electrons. The van der Waals surface area contributed by atoms with E-state index in [1.165, 1.54) is 0 Å². The molecule has 0 aromatic carbocycles. The summed E-state index contributed by atoms with van der Waals surface area (Å²) in [5.41, 5.74) is 5.36. The van der Waals surface area contributed by atoms with Gasteiger partial charge in [0.25, 0.3) is 0 Å². The Morgan fingerprint density at radius 3 is 2.75 bits per heavy atom. The van der Waals surface area contributed by atoms with E-state index in [1.807, 2.05) is 0 Å². The number of Topliss-reactive ketones (excluding diaryl/α,β-unsaturated/α-hetero) is 1. The Labute approximate surface area is 70.7 Å². The van der Waals surface area contributed by atoms with Crippen LogP contribution in [0.1, 0.15) is 25.7 Å². The van der Waals surface area contributed by atoms with E-state index < -0.39 is 17.9 Å². The second-order valence-corrected chi connectivity index (χ2v) is 3.18. The van der Waals surface area contributed by atoms with Crippen molar-refractivity contribution in [2.75, 3.05) is 0 Å². The maximum absolute atomic E-state index is 11.2. The van der Waals surface area contributed by atoms with Crippen LogP contribution in [0.2, 0.25) is 0 Å². The van der Waals surface area contributed by atoms with Crippen LogP contribution in [-0.4, -0.2) is 22.9 Å². The quantitative estimate of drug-likeness (QED) is 0.620. The zero-order chi connectivity index (χ0) is 9.14. The number of hydrogen-bond donors (Lipinski definition) is 2. The summed E-state index contributed by atoms with van der Waals surface area (Å²) in [7, 11) is 0. The summed E-state index contributed by atoms with van der Waals surface area (Å²) < 4.78 is 0. The Bertz CT molecular complexity index is 202. The van der Waals surface area contributed by atoms with Gasteiger partial charge in [-0.15, -0.1) is 0 Å². The number of ketones is 1. The van der Waals surface area contributed by atoms with Crippen molar-refractivity contribution in [2.45, 2.75) is 31.7 Å². The third-order valence-corrected chi connectivity index (χ3v) is 2.32. The molecule has 1 aliphatic carbocycles. The first kappa shape index (κ1) is 9.19. The number of carboxylic acid groups (broad SMARTS) is 1. The van der Waals surface area contributed by atoms with Gasteiger partial charge >= 0.3 is 5.97 Å². The molecule has 3 N–H and O–H groups in total. The van der Waals surface area contributed by atoms with Crippen LogP contribution in [0, 0.1) is 5.92 Å². The Hall–Kier alpha value is -0.900. The molecule has 1 unspecified atom stereocenters. The smallest absolute Gasteiger partial charge is 0.321 e. The Morgan fingerprint density at radius 1 is 1.58 bits per heavy atom. The number of carbonyl (C=O) groups is 2. The minimum atomic E-state index is -1.07. The fourth-order valence-electron chi connectivity index (χ4n) is 1.56. The van der Waals surface area contributed by atoms with Crippen LogP contribution in [0.5, 0.6) is 0 Å². The van der Waals surface area contributed by atoms with E-state index >= 15 is 0 Å². The lowest BCUT2D eigenvalue weighted by Crippen LogP contribution is -2.43. The first-order chi connectivity index (χ1) is 5.63. The second-order valence-electron chi connectivity index (χ2n) is 3.18. The molecule has 68 valence electrons. The van der Waals surface area contributed by atoms with Gasteiger partial charge in [0.15, 0.2) is 0 Å². The van der Waals surface area contributed by atoms with Gasteiger partial charge in [-0.25, -0.2) is 0 Å². The molecular formula is C8H13NO3. The summed E-state index contributed by atoms with van der Waals surface area (Å²) in [5, 5.41) is 8.57. The largest absolute Gasteiger partial charge is 0.480 e. The van der Waals surface area contributed by atoms with Gasteiger partial charge in [-0.1, -0.05) is 6.42 Å². The lowest BCUT2D eigenvalue weighted by Gasteiger charge is -2.23. The number of carbonyl (C=O) groups excluding carboxylic acids is 1. The molecule has 4 heteroatoms.